The third-order valence-electron chi connectivity index (χ3n) is 2.09. The second kappa shape index (κ2) is 10.9. The smallest absolute Gasteiger partial charge is 0.319 e. The monoisotopic (exact) mass is 233 g/mol. The number of carbonyl (C=O) groups excluding carboxylic acids is 1. The predicted octanol–water partition coefficient (Wildman–Crippen LogP) is 0.581. The lowest BCUT2D eigenvalue weighted by atomic mass is 10.3. The number of ether oxygens (including phenoxy) is 3. The molecule has 16 heavy (non-hydrogen) atoms. The molecule has 0 aromatic heterocycles. The lowest BCUT2D eigenvalue weighted by Crippen LogP contribution is -2.35. The highest BCUT2D eigenvalue weighted by molar-refractivity contribution is 5.71. The first-order chi connectivity index (χ1) is 7.74. The Bertz CT molecular complexity index is 175. The molecule has 0 aliphatic heterocycles. The van der Waals surface area contributed by atoms with Gasteiger partial charge in [-0.05, 0) is 6.42 Å². The molecule has 5 heteroatoms. The number of methoxy groups -OCH3 is 2. The van der Waals surface area contributed by atoms with Crippen molar-refractivity contribution in [1.29, 1.82) is 0 Å². The van der Waals surface area contributed by atoms with Crippen LogP contribution in [-0.4, -0.2) is 52.6 Å². The number of hydrogen-bond donors (Lipinski definition) is 1. The molecule has 0 saturated heterocycles. The van der Waals surface area contributed by atoms with E-state index < -0.39 is 0 Å². The Morgan fingerprint density at radius 1 is 1.38 bits per heavy atom. The fraction of sp³-hybridized carbons (Fsp3) is 0.909. The Labute approximate surface area is 97.4 Å². The van der Waals surface area contributed by atoms with Gasteiger partial charge in [0.05, 0.1) is 25.9 Å². The molecule has 0 rings (SSSR count). The fourth-order valence-corrected chi connectivity index (χ4v) is 1.11. The standard InChI is InChI=1S/C11H23NO4/c1-4-5-6-16-11(13)8-12-7-10(15-3)9-14-2/h10,12H,4-9H2,1-3H3. The summed E-state index contributed by atoms with van der Waals surface area (Å²) in [5.41, 5.74) is 0. The van der Waals surface area contributed by atoms with E-state index in [9.17, 15) is 4.79 Å². The predicted molar refractivity (Wildman–Crippen MR) is 61.4 cm³/mol. The average Bonchev–Trinajstić information content (AvgIpc) is 2.28. The van der Waals surface area contributed by atoms with Gasteiger partial charge in [0.25, 0.3) is 0 Å². The highest BCUT2D eigenvalue weighted by Gasteiger charge is 2.07. The van der Waals surface area contributed by atoms with E-state index in [1.807, 2.05) is 0 Å². The van der Waals surface area contributed by atoms with Crippen molar-refractivity contribution in [3.63, 3.8) is 0 Å². The Kier molecular flexibility index (Phi) is 10.4. The lowest BCUT2D eigenvalue weighted by molar-refractivity contribution is -0.142. The third-order valence-corrected chi connectivity index (χ3v) is 2.09. The van der Waals surface area contributed by atoms with E-state index in [1.54, 1.807) is 14.2 Å². The lowest BCUT2D eigenvalue weighted by Gasteiger charge is -2.14. The van der Waals surface area contributed by atoms with Crippen LogP contribution in [0.4, 0.5) is 0 Å². The van der Waals surface area contributed by atoms with Crippen molar-refractivity contribution in [2.75, 3.05) is 40.5 Å². The molecule has 0 fully saturated rings. The zero-order valence-corrected chi connectivity index (χ0v) is 10.5. The van der Waals surface area contributed by atoms with E-state index in [-0.39, 0.29) is 18.6 Å². The van der Waals surface area contributed by atoms with E-state index in [0.717, 1.165) is 12.8 Å². The Morgan fingerprint density at radius 3 is 2.69 bits per heavy atom. The molecule has 1 unspecified atom stereocenters. The summed E-state index contributed by atoms with van der Waals surface area (Å²) >= 11 is 0. The van der Waals surface area contributed by atoms with Crippen LogP contribution in [0, 0.1) is 0 Å². The Morgan fingerprint density at radius 2 is 2.12 bits per heavy atom. The maximum Gasteiger partial charge on any atom is 0.319 e. The second-order valence-electron chi connectivity index (χ2n) is 3.52. The van der Waals surface area contributed by atoms with Gasteiger partial charge < -0.3 is 19.5 Å². The van der Waals surface area contributed by atoms with E-state index in [2.05, 4.69) is 12.2 Å². The van der Waals surface area contributed by atoms with Gasteiger partial charge >= 0.3 is 5.97 Å². The van der Waals surface area contributed by atoms with Crippen LogP contribution < -0.4 is 5.32 Å². The Hall–Kier alpha value is -0.650. The number of carbonyl (C=O) groups is 1. The van der Waals surface area contributed by atoms with Crippen molar-refractivity contribution in [3.8, 4) is 0 Å². The maximum absolute atomic E-state index is 11.2. The minimum atomic E-state index is -0.222. The van der Waals surface area contributed by atoms with Crippen molar-refractivity contribution in [2.45, 2.75) is 25.9 Å². The van der Waals surface area contributed by atoms with Crippen LogP contribution in [0.25, 0.3) is 0 Å². The summed E-state index contributed by atoms with van der Waals surface area (Å²) in [6.07, 6.45) is 1.91. The van der Waals surface area contributed by atoms with E-state index in [1.165, 1.54) is 0 Å². The second-order valence-corrected chi connectivity index (χ2v) is 3.52. The Balaban J connectivity index is 3.44. The molecule has 96 valence electrons. The molecular weight excluding hydrogens is 210 g/mol. The van der Waals surface area contributed by atoms with E-state index in [0.29, 0.717) is 19.8 Å². The summed E-state index contributed by atoms with van der Waals surface area (Å²) in [5, 5.41) is 2.97. The quantitative estimate of drug-likeness (QED) is 0.442. The summed E-state index contributed by atoms with van der Waals surface area (Å²) in [7, 11) is 3.23. The number of nitrogens with one attached hydrogen (secondary N) is 1. The van der Waals surface area contributed by atoms with Gasteiger partial charge in [-0.3, -0.25) is 4.79 Å². The summed E-state index contributed by atoms with van der Waals surface area (Å²) in [6, 6.07) is 0. The molecule has 0 aromatic rings. The summed E-state index contributed by atoms with van der Waals surface area (Å²) < 4.78 is 15.1. The zero-order chi connectivity index (χ0) is 12.2. The van der Waals surface area contributed by atoms with Gasteiger partial charge in [-0.15, -0.1) is 0 Å². The molecule has 0 aromatic carbocycles. The van der Waals surface area contributed by atoms with Gasteiger partial charge in [-0.2, -0.15) is 0 Å². The van der Waals surface area contributed by atoms with Crippen molar-refractivity contribution < 1.29 is 19.0 Å². The van der Waals surface area contributed by atoms with E-state index in [4.69, 9.17) is 14.2 Å². The van der Waals surface area contributed by atoms with Gasteiger partial charge in [-0.1, -0.05) is 13.3 Å². The highest BCUT2D eigenvalue weighted by Crippen LogP contribution is 1.90. The largest absolute Gasteiger partial charge is 0.465 e. The van der Waals surface area contributed by atoms with Crippen LogP contribution >= 0.6 is 0 Å². The highest BCUT2D eigenvalue weighted by atomic mass is 16.5. The van der Waals surface area contributed by atoms with Crippen molar-refractivity contribution in [3.05, 3.63) is 0 Å². The molecule has 0 spiro atoms. The minimum absolute atomic E-state index is 0.0339. The van der Waals surface area contributed by atoms with Crippen LogP contribution in [0.2, 0.25) is 0 Å². The molecular formula is C11H23NO4. The van der Waals surface area contributed by atoms with Crippen LogP contribution in [0.1, 0.15) is 19.8 Å². The number of unbranched alkanes of at least 4 members (excludes halogenated alkanes) is 1. The summed E-state index contributed by atoms with van der Waals surface area (Å²) in [4.78, 5) is 11.2. The molecule has 0 aliphatic carbocycles. The first-order valence-electron chi connectivity index (χ1n) is 5.62. The molecule has 0 radical (unpaired) electrons. The molecule has 1 atom stereocenters. The molecule has 0 saturated carbocycles. The van der Waals surface area contributed by atoms with Gasteiger partial charge in [0.15, 0.2) is 0 Å². The van der Waals surface area contributed by atoms with E-state index >= 15 is 0 Å². The minimum Gasteiger partial charge on any atom is -0.465 e. The van der Waals surface area contributed by atoms with Crippen LogP contribution in [0.15, 0.2) is 0 Å². The molecule has 0 amide bonds. The van der Waals surface area contributed by atoms with Gasteiger partial charge in [0.1, 0.15) is 0 Å². The first kappa shape index (κ1) is 15.3. The van der Waals surface area contributed by atoms with Crippen LogP contribution in [-0.2, 0) is 19.0 Å². The number of esters is 1. The normalized spacial score (nSPS) is 12.4. The van der Waals surface area contributed by atoms with Gasteiger partial charge in [0, 0.05) is 20.8 Å². The topological polar surface area (TPSA) is 56.8 Å². The number of rotatable bonds is 10. The molecule has 5 nitrogen and oxygen atoms in total. The zero-order valence-electron chi connectivity index (χ0n) is 10.5. The summed E-state index contributed by atoms with van der Waals surface area (Å²) in [6.45, 7) is 3.86. The third kappa shape index (κ3) is 8.64. The van der Waals surface area contributed by atoms with Crippen molar-refractivity contribution in [1.82, 2.24) is 5.32 Å². The molecule has 1 N–H and O–H groups in total. The molecule has 0 aliphatic rings. The van der Waals surface area contributed by atoms with Crippen molar-refractivity contribution >= 4 is 5.97 Å². The van der Waals surface area contributed by atoms with Gasteiger partial charge in [0.2, 0.25) is 0 Å². The maximum atomic E-state index is 11.2. The number of hydrogen-bond acceptors (Lipinski definition) is 5. The average molecular weight is 233 g/mol. The van der Waals surface area contributed by atoms with Gasteiger partial charge in [-0.25, -0.2) is 0 Å². The first-order valence-corrected chi connectivity index (χ1v) is 5.62. The van der Waals surface area contributed by atoms with Crippen LogP contribution in [0.3, 0.4) is 0 Å². The van der Waals surface area contributed by atoms with Crippen molar-refractivity contribution in [2.24, 2.45) is 0 Å². The van der Waals surface area contributed by atoms with Crippen LogP contribution in [0.5, 0.6) is 0 Å². The fourth-order valence-electron chi connectivity index (χ4n) is 1.11. The molecule has 0 heterocycles. The molecule has 0 bridgehead atoms. The SMILES string of the molecule is CCCCOC(=O)CNCC(COC)OC. The summed E-state index contributed by atoms with van der Waals surface area (Å²) in [5.74, 6) is -0.222.